The van der Waals surface area contributed by atoms with Crippen LogP contribution < -0.4 is 14.2 Å². The average Bonchev–Trinajstić information content (AvgIpc) is 2.55. The second-order valence-electron chi connectivity index (χ2n) is 4.52. The van der Waals surface area contributed by atoms with Crippen molar-refractivity contribution in [2.45, 2.75) is 13.5 Å². The van der Waals surface area contributed by atoms with Gasteiger partial charge in [0.2, 0.25) is 0 Å². The molecule has 0 aliphatic heterocycles. The number of methoxy groups -OCH3 is 1. The Hall–Kier alpha value is -3.02. The Morgan fingerprint density at radius 2 is 1.87 bits per heavy atom. The molecule has 0 unspecified atom stereocenters. The van der Waals surface area contributed by atoms with E-state index in [0.29, 0.717) is 29.5 Å². The van der Waals surface area contributed by atoms with Crippen LogP contribution in [0.5, 0.6) is 23.0 Å². The van der Waals surface area contributed by atoms with Crippen LogP contribution in [0.15, 0.2) is 42.5 Å². The Balaban J connectivity index is 2.24. The zero-order chi connectivity index (χ0) is 16.7. The number of para-hydroxylation sites is 1. The maximum atomic E-state index is 11.0. The van der Waals surface area contributed by atoms with Crippen molar-refractivity contribution < 1.29 is 28.5 Å². The summed E-state index contributed by atoms with van der Waals surface area (Å²) in [6, 6.07) is 11.9. The molecule has 0 radical (unpaired) electrons. The van der Waals surface area contributed by atoms with Gasteiger partial charge in [-0.1, -0.05) is 18.2 Å². The third kappa shape index (κ3) is 4.47. The average molecular weight is 316 g/mol. The van der Waals surface area contributed by atoms with E-state index in [2.05, 4.69) is 0 Å². The fourth-order valence-electron chi connectivity index (χ4n) is 1.88. The normalized spacial score (nSPS) is 9.83. The molecular formula is C17H16O6. The van der Waals surface area contributed by atoms with Crippen molar-refractivity contribution >= 4 is 12.4 Å². The van der Waals surface area contributed by atoms with Crippen LogP contribution in [0.2, 0.25) is 0 Å². The molecule has 0 bridgehead atoms. The van der Waals surface area contributed by atoms with E-state index in [1.807, 2.05) is 12.1 Å². The largest absolute Gasteiger partial charge is 0.493 e. The molecule has 23 heavy (non-hydrogen) atoms. The van der Waals surface area contributed by atoms with Crippen LogP contribution in [0.3, 0.4) is 0 Å². The van der Waals surface area contributed by atoms with Gasteiger partial charge in [0.1, 0.15) is 18.1 Å². The molecule has 120 valence electrons. The molecule has 0 heterocycles. The summed E-state index contributed by atoms with van der Waals surface area (Å²) in [6.07, 6.45) is 0. The van der Waals surface area contributed by atoms with Gasteiger partial charge in [-0.15, -0.1) is 0 Å². The van der Waals surface area contributed by atoms with Gasteiger partial charge in [-0.05, 0) is 18.2 Å². The Kier molecular flexibility index (Phi) is 5.57. The predicted molar refractivity (Wildman–Crippen MR) is 81.7 cm³/mol. The summed E-state index contributed by atoms with van der Waals surface area (Å²) < 4.78 is 20.8. The molecule has 0 saturated carbocycles. The molecular weight excluding hydrogens is 300 g/mol. The van der Waals surface area contributed by atoms with Crippen molar-refractivity contribution in [3.63, 3.8) is 0 Å². The summed E-state index contributed by atoms with van der Waals surface area (Å²) in [5.74, 6) is 1.37. The lowest BCUT2D eigenvalue weighted by molar-refractivity contribution is -0.142. The first-order valence-electron chi connectivity index (χ1n) is 6.81. The number of carbonyl (C=O) groups is 2. The first-order chi connectivity index (χ1) is 11.1. The Labute approximate surface area is 133 Å². The standard InChI is InChI=1S/C17H16O6/c1-12(19)21-10-13-5-3-4-6-15(13)23-16-8-7-14(22-11-18)9-17(16)20-2/h3-9,11H,10H2,1-2H3. The summed E-state index contributed by atoms with van der Waals surface area (Å²) >= 11 is 0. The van der Waals surface area contributed by atoms with Gasteiger partial charge >= 0.3 is 5.97 Å². The van der Waals surface area contributed by atoms with Gasteiger partial charge in [0.05, 0.1) is 7.11 Å². The highest BCUT2D eigenvalue weighted by atomic mass is 16.5. The maximum absolute atomic E-state index is 11.0. The summed E-state index contributed by atoms with van der Waals surface area (Å²) in [4.78, 5) is 21.3. The van der Waals surface area contributed by atoms with E-state index in [-0.39, 0.29) is 12.6 Å². The lowest BCUT2D eigenvalue weighted by Gasteiger charge is -2.14. The third-order valence-electron chi connectivity index (χ3n) is 2.94. The summed E-state index contributed by atoms with van der Waals surface area (Å²) in [5, 5.41) is 0. The van der Waals surface area contributed by atoms with Crippen molar-refractivity contribution in [3.05, 3.63) is 48.0 Å². The number of benzene rings is 2. The molecule has 0 N–H and O–H groups in total. The van der Waals surface area contributed by atoms with Gasteiger partial charge in [0, 0.05) is 18.6 Å². The lowest BCUT2D eigenvalue weighted by atomic mass is 10.2. The maximum Gasteiger partial charge on any atom is 0.302 e. The van der Waals surface area contributed by atoms with Crippen LogP contribution in [-0.2, 0) is 20.9 Å². The van der Waals surface area contributed by atoms with Gasteiger partial charge in [0.15, 0.2) is 11.5 Å². The number of ether oxygens (including phenoxy) is 4. The molecule has 0 amide bonds. The molecule has 0 aliphatic rings. The van der Waals surface area contributed by atoms with E-state index < -0.39 is 0 Å². The van der Waals surface area contributed by atoms with Crippen molar-refractivity contribution in [1.82, 2.24) is 0 Å². The highest BCUT2D eigenvalue weighted by Crippen LogP contribution is 2.35. The number of hydrogen-bond donors (Lipinski definition) is 0. The second-order valence-corrected chi connectivity index (χ2v) is 4.52. The Morgan fingerprint density at radius 3 is 2.57 bits per heavy atom. The van der Waals surface area contributed by atoms with Crippen molar-refractivity contribution in [3.8, 4) is 23.0 Å². The van der Waals surface area contributed by atoms with Gasteiger partial charge < -0.3 is 18.9 Å². The van der Waals surface area contributed by atoms with Crippen LogP contribution in [-0.4, -0.2) is 19.6 Å². The molecule has 0 spiro atoms. The first-order valence-corrected chi connectivity index (χ1v) is 6.81. The molecule has 0 saturated heterocycles. The van der Waals surface area contributed by atoms with E-state index in [1.54, 1.807) is 30.3 Å². The molecule has 2 aromatic carbocycles. The molecule has 6 heteroatoms. The third-order valence-corrected chi connectivity index (χ3v) is 2.94. The highest BCUT2D eigenvalue weighted by Gasteiger charge is 2.11. The molecule has 2 rings (SSSR count). The minimum Gasteiger partial charge on any atom is -0.493 e. The monoisotopic (exact) mass is 316 g/mol. The summed E-state index contributed by atoms with van der Waals surface area (Å²) in [5.41, 5.74) is 0.720. The van der Waals surface area contributed by atoms with Crippen LogP contribution in [0, 0.1) is 0 Å². The molecule has 0 aliphatic carbocycles. The summed E-state index contributed by atoms with van der Waals surface area (Å²) in [6.45, 7) is 1.79. The van der Waals surface area contributed by atoms with Gasteiger partial charge in [-0.2, -0.15) is 0 Å². The van der Waals surface area contributed by atoms with E-state index in [4.69, 9.17) is 18.9 Å². The molecule has 6 nitrogen and oxygen atoms in total. The molecule has 0 fully saturated rings. The zero-order valence-corrected chi connectivity index (χ0v) is 12.8. The zero-order valence-electron chi connectivity index (χ0n) is 12.8. The minimum atomic E-state index is -0.368. The van der Waals surface area contributed by atoms with Crippen LogP contribution in [0.25, 0.3) is 0 Å². The van der Waals surface area contributed by atoms with E-state index in [9.17, 15) is 9.59 Å². The molecule has 0 aromatic heterocycles. The van der Waals surface area contributed by atoms with E-state index in [1.165, 1.54) is 14.0 Å². The highest BCUT2D eigenvalue weighted by molar-refractivity contribution is 5.66. The smallest absolute Gasteiger partial charge is 0.302 e. The Bertz CT molecular complexity index is 695. The van der Waals surface area contributed by atoms with Crippen LogP contribution in [0.1, 0.15) is 12.5 Å². The lowest BCUT2D eigenvalue weighted by Crippen LogP contribution is -2.01. The molecule has 0 atom stereocenters. The van der Waals surface area contributed by atoms with E-state index in [0.717, 1.165) is 5.56 Å². The quantitative estimate of drug-likeness (QED) is 0.577. The molecule has 2 aromatic rings. The van der Waals surface area contributed by atoms with Gasteiger partial charge in [0.25, 0.3) is 6.47 Å². The second kappa shape index (κ2) is 7.84. The predicted octanol–water partition coefficient (Wildman–Crippen LogP) is 3.09. The van der Waals surface area contributed by atoms with Gasteiger partial charge in [-0.3, -0.25) is 9.59 Å². The topological polar surface area (TPSA) is 71.1 Å². The van der Waals surface area contributed by atoms with Crippen molar-refractivity contribution in [1.29, 1.82) is 0 Å². The Morgan fingerprint density at radius 1 is 1.09 bits per heavy atom. The van der Waals surface area contributed by atoms with Crippen molar-refractivity contribution in [2.75, 3.05) is 7.11 Å². The fraction of sp³-hybridized carbons (Fsp3) is 0.176. The number of rotatable bonds is 7. The number of esters is 1. The van der Waals surface area contributed by atoms with Crippen LogP contribution in [0.4, 0.5) is 0 Å². The summed E-state index contributed by atoms with van der Waals surface area (Å²) in [7, 11) is 1.48. The van der Waals surface area contributed by atoms with Gasteiger partial charge in [-0.25, -0.2) is 0 Å². The minimum absolute atomic E-state index is 0.111. The SMILES string of the molecule is COc1cc(OC=O)ccc1Oc1ccccc1COC(C)=O. The van der Waals surface area contributed by atoms with Crippen molar-refractivity contribution in [2.24, 2.45) is 0 Å². The van der Waals surface area contributed by atoms with Crippen LogP contribution >= 0.6 is 0 Å². The fourth-order valence-corrected chi connectivity index (χ4v) is 1.88. The number of hydrogen-bond acceptors (Lipinski definition) is 6. The number of carbonyl (C=O) groups excluding carboxylic acids is 2. The first kappa shape index (κ1) is 16.4. The van der Waals surface area contributed by atoms with E-state index >= 15 is 0 Å².